The fourth-order valence-electron chi connectivity index (χ4n) is 2.78. The molecule has 0 saturated carbocycles. The Hall–Kier alpha value is -2.36. The predicted octanol–water partition coefficient (Wildman–Crippen LogP) is 3.17. The Bertz CT molecular complexity index is 704. The van der Waals surface area contributed by atoms with Crippen molar-refractivity contribution in [3.8, 4) is 0 Å². The molecular formula is C17H18N2O2. The van der Waals surface area contributed by atoms with Crippen molar-refractivity contribution in [1.29, 1.82) is 0 Å². The summed E-state index contributed by atoms with van der Waals surface area (Å²) in [7, 11) is 0. The molecule has 0 spiro atoms. The van der Waals surface area contributed by atoms with Crippen molar-refractivity contribution in [3.05, 3.63) is 42.5 Å². The number of imide groups is 1. The van der Waals surface area contributed by atoms with Crippen LogP contribution < -0.4 is 10.2 Å². The minimum absolute atomic E-state index is 0.120. The van der Waals surface area contributed by atoms with E-state index in [-0.39, 0.29) is 23.8 Å². The van der Waals surface area contributed by atoms with E-state index in [4.69, 9.17) is 0 Å². The van der Waals surface area contributed by atoms with Gasteiger partial charge in [0.25, 0.3) is 0 Å². The Kier molecular flexibility index (Phi) is 3.37. The van der Waals surface area contributed by atoms with E-state index >= 15 is 0 Å². The minimum Gasteiger partial charge on any atom is -0.337 e. The molecule has 2 aromatic rings. The normalized spacial score (nSPS) is 19.2. The van der Waals surface area contributed by atoms with Crippen LogP contribution in [0.25, 0.3) is 10.8 Å². The van der Waals surface area contributed by atoms with Gasteiger partial charge in [-0.25, -0.2) is 9.69 Å². The number of benzene rings is 2. The second-order valence-electron chi connectivity index (χ2n) is 5.71. The molecule has 1 unspecified atom stereocenters. The summed E-state index contributed by atoms with van der Waals surface area (Å²) in [6.45, 7) is 4.42. The lowest BCUT2D eigenvalue weighted by atomic mass is 9.92. The second-order valence-corrected chi connectivity index (χ2v) is 5.71. The number of carbonyl (C=O) groups excluding carboxylic acids is 2. The molecule has 1 saturated heterocycles. The Labute approximate surface area is 123 Å². The number of carbonyl (C=O) groups is 2. The van der Waals surface area contributed by atoms with Gasteiger partial charge in [0, 0.05) is 11.9 Å². The number of hydrogen-bond acceptors (Lipinski definition) is 2. The number of urea groups is 1. The third-order valence-corrected chi connectivity index (χ3v) is 4.03. The number of anilines is 1. The Balaban J connectivity index is 2.11. The smallest absolute Gasteiger partial charge is 0.328 e. The standard InChI is InChI=1S/C17H18N2O2/c1-11(2)14-10-18-17(21)19(16(14)20)15-9-5-7-12-6-3-4-8-13(12)15/h3-9,11,14H,10H2,1-2H3,(H,18,21). The zero-order valence-corrected chi connectivity index (χ0v) is 12.2. The van der Waals surface area contributed by atoms with Crippen LogP contribution in [0.1, 0.15) is 13.8 Å². The van der Waals surface area contributed by atoms with Gasteiger partial charge in [-0.2, -0.15) is 0 Å². The summed E-state index contributed by atoms with van der Waals surface area (Å²) in [6.07, 6.45) is 0. The maximum absolute atomic E-state index is 12.7. The van der Waals surface area contributed by atoms with E-state index in [1.807, 2.05) is 56.3 Å². The van der Waals surface area contributed by atoms with Gasteiger partial charge in [-0.3, -0.25) is 4.79 Å². The molecule has 1 fully saturated rings. The van der Waals surface area contributed by atoms with Gasteiger partial charge in [-0.1, -0.05) is 50.2 Å². The molecule has 3 amide bonds. The largest absolute Gasteiger partial charge is 0.337 e. The zero-order valence-electron chi connectivity index (χ0n) is 12.2. The van der Waals surface area contributed by atoms with E-state index in [1.165, 1.54) is 4.90 Å². The quantitative estimate of drug-likeness (QED) is 0.919. The van der Waals surface area contributed by atoms with Crippen molar-refractivity contribution in [1.82, 2.24) is 5.32 Å². The third-order valence-electron chi connectivity index (χ3n) is 4.03. The first kappa shape index (κ1) is 13.6. The van der Waals surface area contributed by atoms with Gasteiger partial charge in [-0.15, -0.1) is 0 Å². The molecule has 0 aromatic heterocycles. The predicted molar refractivity (Wildman–Crippen MR) is 83.2 cm³/mol. The lowest BCUT2D eigenvalue weighted by Gasteiger charge is -2.33. The fraction of sp³-hybridized carbons (Fsp3) is 0.294. The molecule has 2 aromatic carbocycles. The topological polar surface area (TPSA) is 49.4 Å². The monoisotopic (exact) mass is 282 g/mol. The van der Waals surface area contributed by atoms with Crippen LogP contribution in [0, 0.1) is 11.8 Å². The highest BCUT2D eigenvalue weighted by Gasteiger charge is 2.37. The van der Waals surface area contributed by atoms with E-state index in [0.29, 0.717) is 12.2 Å². The molecule has 4 heteroatoms. The molecule has 1 aliphatic rings. The van der Waals surface area contributed by atoms with Crippen LogP contribution in [0.5, 0.6) is 0 Å². The number of amides is 3. The molecule has 21 heavy (non-hydrogen) atoms. The average Bonchev–Trinajstić information content (AvgIpc) is 2.47. The number of nitrogens with one attached hydrogen (secondary N) is 1. The van der Waals surface area contributed by atoms with Crippen molar-refractivity contribution >= 4 is 28.4 Å². The van der Waals surface area contributed by atoms with E-state index < -0.39 is 0 Å². The highest BCUT2D eigenvalue weighted by atomic mass is 16.2. The van der Waals surface area contributed by atoms with E-state index in [2.05, 4.69) is 5.32 Å². The lowest BCUT2D eigenvalue weighted by Crippen LogP contribution is -2.56. The highest BCUT2D eigenvalue weighted by Crippen LogP contribution is 2.30. The van der Waals surface area contributed by atoms with Crippen molar-refractivity contribution in [3.63, 3.8) is 0 Å². The first-order valence-electron chi connectivity index (χ1n) is 7.19. The van der Waals surface area contributed by atoms with Gasteiger partial charge < -0.3 is 5.32 Å². The van der Waals surface area contributed by atoms with Crippen LogP contribution in [0.3, 0.4) is 0 Å². The van der Waals surface area contributed by atoms with Crippen LogP contribution in [-0.4, -0.2) is 18.5 Å². The molecule has 1 heterocycles. The van der Waals surface area contributed by atoms with Crippen LogP contribution in [-0.2, 0) is 4.79 Å². The molecule has 108 valence electrons. The summed E-state index contributed by atoms with van der Waals surface area (Å²) in [5, 5.41) is 4.75. The second kappa shape index (κ2) is 5.20. The maximum atomic E-state index is 12.7. The fourth-order valence-corrected chi connectivity index (χ4v) is 2.78. The van der Waals surface area contributed by atoms with Crippen LogP contribution in [0.4, 0.5) is 10.5 Å². The molecule has 0 aliphatic carbocycles. The average molecular weight is 282 g/mol. The van der Waals surface area contributed by atoms with Crippen LogP contribution in [0.2, 0.25) is 0 Å². The van der Waals surface area contributed by atoms with Gasteiger partial charge in [0.05, 0.1) is 11.6 Å². The molecule has 0 bridgehead atoms. The zero-order chi connectivity index (χ0) is 15.0. The lowest BCUT2D eigenvalue weighted by molar-refractivity contribution is -0.123. The van der Waals surface area contributed by atoms with E-state index in [0.717, 1.165) is 10.8 Å². The molecule has 1 atom stereocenters. The summed E-state index contributed by atoms with van der Waals surface area (Å²) in [5.41, 5.74) is 0.654. The van der Waals surface area contributed by atoms with E-state index in [9.17, 15) is 9.59 Å². The summed E-state index contributed by atoms with van der Waals surface area (Å²) in [6, 6.07) is 13.1. The van der Waals surface area contributed by atoms with Crippen LogP contribution in [0.15, 0.2) is 42.5 Å². The Morgan fingerprint density at radius 1 is 1.10 bits per heavy atom. The number of hydrogen-bond donors (Lipinski definition) is 1. The van der Waals surface area contributed by atoms with Gasteiger partial charge in [0.1, 0.15) is 0 Å². The SMILES string of the molecule is CC(C)C1CNC(=O)N(c2cccc3ccccc23)C1=O. The molecule has 3 rings (SSSR count). The van der Waals surface area contributed by atoms with Crippen molar-refractivity contribution in [2.75, 3.05) is 11.4 Å². The van der Waals surface area contributed by atoms with Gasteiger partial charge in [0.2, 0.25) is 5.91 Å². The first-order valence-corrected chi connectivity index (χ1v) is 7.19. The number of nitrogens with zero attached hydrogens (tertiary/aromatic N) is 1. The van der Waals surface area contributed by atoms with Crippen molar-refractivity contribution < 1.29 is 9.59 Å². The molecule has 1 aliphatic heterocycles. The Morgan fingerprint density at radius 3 is 2.57 bits per heavy atom. The van der Waals surface area contributed by atoms with Crippen LogP contribution >= 0.6 is 0 Å². The summed E-state index contributed by atoms with van der Waals surface area (Å²) in [5.74, 6) is -0.109. The molecule has 4 nitrogen and oxygen atoms in total. The van der Waals surface area contributed by atoms with Gasteiger partial charge in [-0.05, 0) is 17.4 Å². The van der Waals surface area contributed by atoms with E-state index in [1.54, 1.807) is 0 Å². The summed E-state index contributed by atoms with van der Waals surface area (Å²) < 4.78 is 0. The van der Waals surface area contributed by atoms with Crippen molar-refractivity contribution in [2.24, 2.45) is 11.8 Å². The van der Waals surface area contributed by atoms with Gasteiger partial charge in [0.15, 0.2) is 0 Å². The number of fused-ring (bicyclic) bond motifs is 1. The Morgan fingerprint density at radius 2 is 1.81 bits per heavy atom. The molecular weight excluding hydrogens is 264 g/mol. The summed E-state index contributed by atoms with van der Waals surface area (Å²) >= 11 is 0. The maximum Gasteiger partial charge on any atom is 0.328 e. The number of rotatable bonds is 2. The molecule has 1 N–H and O–H groups in total. The van der Waals surface area contributed by atoms with Crippen molar-refractivity contribution in [2.45, 2.75) is 13.8 Å². The molecule has 0 radical (unpaired) electrons. The third kappa shape index (κ3) is 2.27. The summed E-state index contributed by atoms with van der Waals surface area (Å²) in [4.78, 5) is 26.2. The first-order chi connectivity index (χ1) is 10.1. The highest BCUT2D eigenvalue weighted by molar-refractivity contribution is 6.20. The van der Waals surface area contributed by atoms with Gasteiger partial charge >= 0.3 is 6.03 Å². The minimum atomic E-state index is -0.340.